The van der Waals surface area contributed by atoms with Gasteiger partial charge in [-0.2, -0.15) is 11.8 Å². The number of methoxy groups -OCH3 is 1. The molecule has 0 bridgehead atoms. The summed E-state index contributed by atoms with van der Waals surface area (Å²) in [6.45, 7) is 8.16. The predicted molar refractivity (Wildman–Crippen MR) is 199 cm³/mol. The monoisotopic (exact) mass is 691 g/mol. The molecule has 2 atom stereocenters. The van der Waals surface area contributed by atoms with Gasteiger partial charge in [-0.25, -0.2) is 0 Å². The van der Waals surface area contributed by atoms with E-state index in [-0.39, 0.29) is 23.9 Å². The number of rotatable bonds is 9. The minimum Gasteiger partial charge on any atom is -0.493 e. The SMILES string of the molecule is C/C=C1\C[C@H]2CCc3cc(OCc4cc(COc5cc6c(cc5OC)C(=O)N5C/C(=C/C)C[C@H]5C=N6)cc(CSC)c4)c(C)cc3C(=O)N2C1. The zero-order valence-electron chi connectivity index (χ0n) is 29.6. The minimum atomic E-state index is -0.0437. The lowest BCUT2D eigenvalue weighted by Gasteiger charge is -2.21. The van der Waals surface area contributed by atoms with E-state index in [0.717, 1.165) is 71.5 Å². The van der Waals surface area contributed by atoms with Crippen molar-refractivity contribution in [3.05, 3.63) is 105 Å². The van der Waals surface area contributed by atoms with Crippen molar-refractivity contribution in [2.75, 3.05) is 26.5 Å². The average molecular weight is 692 g/mol. The zero-order chi connectivity index (χ0) is 34.9. The summed E-state index contributed by atoms with van der Waals surface area (Å²) in [5, 5.41) is 0. The van der Waals surface area contributed by atoms with Crippen LogP contribution in [0.4, 0.5) is 5.69 Å². The zero-order valence-corrected chi connectivity index (χ0v) is 30.4. The van der Waals surface area contributed by atoms with Crippen LogP contribution in [0.3, 0.4) is 0 Å². The van der Waals surface area contributed by atoms with Crippen LogP contribution in [0.25, 0.3) is 0 Å². The number of fused-ring (bicyclic) bond motifs is 4. The number of ether oxygens (including phenoxy) is 3. The maximum atomic E-state index is 13.5. The maximum Gasteiger partial charge on any atom is 0.257 e. The molecule has 0 unspecified atom stereocenters. The Morgan fingerprint density at radius 2 is 1.50 bits per heavy atom. The number of carbonyl (C=O) groups is 2. The third-order valence-electron chi connectivity index (χ3n) is 10.4. The Hall–Kier alpha value is -4.50. The van der Waals surface area contributed by atoms with Gasteiger partial charge in [0.15, 0.2) is 11.5 Å². The highest BCUT2D eigenvalue weighted by atomic mass is 32.2. The van der Waals surface area contributed by atoms with Crippen LogP contribution in [0.2, 0.25) is 0 Å². The average Bonchev–Trinajstić information content (AvgIpc) is 3.69. The lowest BCUT2D eigenvalue weighted by Crippen LogP contribution is -2.35. The summed E-state index contributed by atoms with van der Waals surface area (Å²) in [4.78, 5) is 35.7. The lowest BCUT2D eigenvalue weighted by molar-refractivity contribution is 0.0741. The molecule has 2 saturated heterocycles. The van der Waals surface area contributed by atoms with Gasteiger partial charge >= 0.3 is 0 Å². The van der Waals surface area contributed by atoms with Crippen molar-refractivity contribution in [3.8, 4) is 17.2 Å². The van der Waals surface area contributed by atoms with E-state index in [1.54, 1.807) is 24.9 Å². The largest absolute Gasteiger partial charge is 0.493 e. The van der Waals surface area contributed by atoms with Crippen molar-refractivity contribution >= 4 is 35.5 Å². The van der Waals surface area contributed by atoms with Crippen LogP contribution in [-0.2, 0) is 25.4 Å². The summed E-state index contributed by atoms with van der Waals surface area (Å²) in [5.74, 6) is 2.81. The fraction of sp³-hybridized carbons (Fsp3) is 0.390. The second-order valence-electron chi connectivity index (χ2n) is 13.7. The molecule has 4 aliphatic rings. The second kappa shape index (κ2) is 14.4. The van der Waals surface area contributed by atoms with Gasteiger partial charge in [-0.3, -0.25) is 14.6 Å². The number of nitrogens with zero attached hydrogens (tertiary/aromatic N) is 3. The molecule has 0 radical (unpaired) electrons. The fourth-order valence-electron chi connectivity index (χ4n) is 7.64. The molecule has 4 heterocycles. The molecule has 2 fully saturated rings. The van der Waals surface area contributed by atoms with E-state index in [2.05, 4.69) is 54.5 Å². The highest BCUT2D eigenvalue weighted by Crippen LogP contribution is 2.39. The van der Waals surface area contributed by atoms with Crippen molar-refractivity contribution < 1.29 is 23.8 Å². The molecule has 0 spiro atoms. The van der Waals surface area contributed by atoms with E-state index in [1.807, 2.05) is 37.1 Å². The molecule has 7 rings (SSSR count). The first-order chi connectivity index (χ1) is 24.3. The van der Waals surface area contributed by atoms with Gasteiger partial charge in [0.1, 0.15) is 19.0 Å². The first kappa shape index (κ1) is 34.0. The van der Waals surface area contributed by atoms with E-state index in [1.165, 1.54) is 16.7 Å². The fourth-order valence-corrected chi connectivity index (χ4v) is 8.14. The third kappa shape index (κ3) is 6.67. The molecule has 260 valence electrons. The predicted octanol–water partition coefficient (Wildman–Crippen LogP) is 8.01. The summed E-state index contributed by atoms with van der Waals surface area (Å²) < 4.78 is 18.5. The summed E-state index contributed by atoms with van der Waals surface area (Å²) in [6, 6.07) is 14.4. The number of aliphatic imine (C=N–C) groups is 1. The van der Waals surface area contributed by atoms with Gasteiger partial charge in [0.05, 0.1) is 24.4 Å². The number of hydrogen-bond acceptors (Lipinski definition) is 7. The highest BCUT2D eigenvalue weighted by Gasteiger charge is 2.36. The standard InChI is InChI=1S/C41H45N3O5S/c1-6-26-14-32-9-8-31-16-37(25(3)10-34(31)40(45)43(32)20-26)48-22-28-11-29(13-30(12-28)24-50-5)23-49-39-18-36-35(17-38(39)47-4)41(46)44-21-27(7-2)15-33(44)19-42-36/h6-7,10-13,16-19,32-33H,8-9,14-15,20-24H2,1-5H3/b26-6+,27-7+/t32-,33+/m1/s1. The van der Waals surface area contributed by atoms with Gasteiger partial charge < -0.3 is 24.0 Å². The number of carbonyl (C=O) groups excluding carboxylic acids is 2. The van der Waals surface area contributed by atoms with Crippen molar-refractivity contribution in [1.82, 2.24) is 9.80 Å². The van der Waals surface area contributed by atoms with Crippen molar-refractivity contribution in [3.63, 3.8) is 0 Å². The number of allylic oxidation sites excluding steroid dienone is 2. The quantitative estimate of drug-likeness (QED) is 0.212. The van der Waals surface area contributed by atoms with Crippen LogP contribution in [-0.4, -0.2) is 66.4 Å². The van der Waals surface area contributed by atoms with Gasteiger partial charge in [-0.15, -0.1) is 0 Å². The van der Waals surface area contributed by atoms with E-state index in [9.17, 15) is 9.59 Å². The molecule has 0 N–H and O–H groups in total. The Kier molecular flexibility index (Phi) is 9.78. The first-order valence-corrected chi connectivity index (χ1v) is 18.8. The first-order valence-electron chi connectivity index (χ1n) is 17.4. The van der Waals surface area contributed by atoms with E-state index in [0.29, 0.717) is 42.5 Å². The van der Waals surface area contributed by atoms with E-state index >= 15 is 0 Å². The molecule has 3 aromatic carbocycles. The molecule has 0 aromatic heterocycles. The van der Waals surface area contributed by atoms with E-state index in [4.69, 9.17) is 19.2 Å². The van der Waals surface area contributed by atoms with Gasteiger partial charge in [-0.05, 0) is 105 Å². The van der Waals surface area contributed by atoms with E-state index < -0.39 is 0 Å². The summed E-state index contributed by atoms with van der Waals surface area (Å²) >= 11 is 1.77. The van der Waals surface area contributed by atoms with Crippen LogP contribution < -0.4 is 14.2 Å². The lowest BCUT2D eigenvalue weighted by atomic mass is 9.98. The molecular formula is C41H45N3O5S. The topological polar surface area (TPSA) is 80.7 Å². The number of amides is 2. The Morgan fingerprint density at radius 1 is 0.820 bits per heavy atom. The summed E-state index contributed by atoms with van der Waals surface area (Å²) in [6.07, 6.45) is 11.8. The Morgan fingerprint density at radius 3 is 2.22 bits per heavy atom. The van der Waals surface area contributed by atoms with Crippen LogP contribution >= 0.6 is 11.8 Å². The van der Waals surface area contributed by atoms with Gasteiger partial charge in [0.2, 0.25) is 0 Å². The van der Waals surface area contributed by atoms with Crippen molar-refractivity contribution in [1.29, 1.82) is 0 Å². The second-order valence-corrected chi connectivity index (χ2v) is 14.5. The summed E-state index contributed by atoms with van der Waals surface area (Å²) in [7, 11) is 1.59. The van der Waals surface area contributed by atoms with Crippen LogP contribution in [0.15, 0.2) is 70.8 Å². The van der Waals surface area contributed by atoms with Crippen LogP contribution in [0.1, 0.15) is 81.6 Å². The normalized spacial score (nSPS) is 21.1. The number of thioether (sulfide) groups is 1. The van der Waals surface area contributed by atoms with Gasteiger partial charge in [-0.1, -0.05) is 35.4 Å². The molecule has 0 saturated carbocycles. The third-order valence-corrected chi connectivity index (χ3v) is 11.0. The molecule has 9 heteroatoms. The number of aryl methyl sites for hydroxylation is 2. The molecule has 2 amide bonds. The van der Waals surface area contributed by atoms with Gasteiger partial charge in [0, 0.05) is 42.7 Å². The molecule has 0 aliphatic carbocycles. The Bertz CT molecular complexity index is 1930. The number of benzene rings is 3. The molecule has 8 nitrogen and oxygen atoms in total. The smallest absolute Gasteiger partial charge is 0.257 e. The highest BCUT2D eigenvalue weighted by molar-refractivity contribution is 7.97. The van der Waals surface area contributed by atoms with Crippen LogP contribution in [0, 0.1) is 6.92 Å². The van der Waals surface area contributed by atoms with Gasteiger partial charge in [0.25, 0.3) is 11.8 Å². The molecule has 50 heavy (non-hydrogen) atoms. The van der Waals surface area contributed by atoms with Crippen LogP contribution in [0.5, 0.6) is 17.2 Å². The molecular weight excluding hydrogens is 647 g/mol. The maximum absolute atomic E-state index is 13.5. The molecule has 4 aliphatic heterocycles. The van der Waals surface area contributed by atoms with Crippen molar-refractivity contribution in [2.24, 2.45) is 4.99 Å². The summed E-state index contributed by atoms with van der Waals surface area (Å²) in [5.41, 5.74) is 9.79. The number of hydrogen-bond donors (Lipinski definition) is 0. The molecule has 3 aromatic rings. The van der Waals surface area contributed by atoms with Crippen molar-refractivity contribution in [2.45, 2.75) is 77.5 Å². The minimum absolute atomic E-state index is 0.0433. The Labute approximate surface area is 299 Å². The Balaban J connectivity index is 1.08.